The minimum Gasteiger partial charge on any atom is -0.338 e. The molecule has 2 N–H and O–H groups in total. The summed E-state index contributed by atoms with van der Waals surface area (Å²) in [6.45, 7) is 0.711. The van der Waals surface area contributed by atoms with E-state index in [1.807, 2.05) is 6.07 Å². The van der Waals surface area contributed by atoms with Crippen molar-refractivity contribution < 1.29 is 14.0 Å². The lowest BCUT2D eigenvalue weighted by Gasteiger charge is -2.23. The molecule has 0 aliphatic carbocycles. The van der Waals surface area contributed by atoms with Gasteiger partial charge in [-0.25, -0.2) is 9.18 Å². The zero-order chi connectivity index (χ0) is 21.3. The number of anilines is 2. The van der Waals surface area contributed by atoms with Crippen LogP contribution in [0.25, 0.3) is 0 Å². The van der Waals surface area contributed by atoms with Crippen LogP contribution >= 0.6 is 11.6 Å². The zero-order valence-corrected chi connectivity index (χ0v) is 16.9. The molecule has 154 valence electrons. The Morgan fingerprint density at radius 2 is 1.67 bits per heavy atom. The molecule has 0 atom stereocenters. The van der Waals surface area contributed by atoms with Gasteiger partial charge < -0.3 is 15.5 Å². The van der Waals surface area contributed by atoms with Gasteiger partial charge in [-0.3, -0.25) is 4.79 Å². The van der Waals surface area contributed by atoms with Crippen molar-refractivity contribution in [1.29, 1.82) is 0 Å². The molecule has 5 nitrogen and oxygen atoms in total. The molecule has 0 saturated heterocycles. The SMILES string of the molecule is O=C(NCCCN(C(=O)c1ccccc1)c1ccc(F)cc1)Nc1cccc(Cl)c1. The number of carbonyl (C=O) groups excluding carboxylic acids is 2. The molecule has 3 rings (SSSR count). The molecule has 0 spiro atoms. The number of hydrogen-bond acceptors (Lipinski definition) is 2. The Hall–Kier alpha value is -3.38. The van der Waals surface area contributed by atoms with E-state index in [9.17, 15) is 14.0 Å². The second-order valence-corrected chi connectivity index (χ2v) is 6.98. The second-order valence-electron chi connectivity index (χ2n) is 6.54. The molecule has 3 aromatic rings. The highest BCUT2D eigenvalue weighted by Gasteiger charge is 2.17. The number of nitrogens with zero attached hydrogens (tertiary/aromatic N) is 1. The molecular weight excluding hydrogens is 405 g/mol. The van der Waals surface area contributed by atoms with Crippen molar-refractivity contribution in [2.24, 2.45) is 0 Å². The summed E-state index contributed by atoms with van der Waals surface area (Å²) in [6, 6.07) is 21.1. The lowest BCUT2D eigenvalue weighted by Crippen LogP contribution is -2.35. The first kappa shape index (κ1) is 21.3. The smallest absolute Gasteiger partial charge is 0.319 e. The standard InChI is InChI=1S/C23H21ClFN3O2/c24-18-8-4-9-20(16-18)27-23(30)26-14-5-15-28(21-12-10-19(25)11-13-21)22(29)17-6-2-1-3-7-17/h1-4,6-13,16H,5,14-15H2,(H2,26,27,30). The van der Waals surface area contributed by atoms with Crippen molar-refractivity contribution >= 4 is 34.9 Å². The van der Waals surface area contributed by atoms with Gasteiger partial charge >= 0.3 is 6.03 Å². The zero-order valence-electron chi connectivity index (χ0n) is 16.1. The highest BCUT2D eigenvalue weighted by atomic mass is 35.5. The summed E-state index contributed by atoms with van der Waals surface area (Å²) in [7, 11) is 0. The maximum absolute atomic E-state index is 13.3. The van der Waals surface area contributed by atoms with Gasteiger partial charge in [-0.1, -0.05) is 35.9 Å². The predicted molar refractivity (Wildman–Crippen MR) is 118 cm³/mol. The molecule has 0 unspecified atom stereocenters. The monoisotopic (exact) mass is 425 g/mol. The van der Waals surface area contributed by atoms with Crippen molar-refractivity contribution in [1.82, 2.24) is 5.32 Å². The van der Waals surface area contributed by atoms with E-state index in [4.69, 9.17) is 11.6 Å². The first-order valence-electron chi connectivity index (χ1n) is 9.46. The largest absolute Gasteiger partial charge is 0.338 e. The maximum atomic E-state index is 13.3. The van der Waals surface area contributed by atoms with E-state index in [0.29, 0.717) is 41.5 Å². The van der Waals surface area contributed by atoms with Crippen molar-refractivity contribution in [2.75, 3.05) is 23.3 Å². The van der Waals surface area contributed by atoms with Crippen LogP contribution in [0.2, 0.25) is 5.02 Å². The lowest BCUT2D eigenvalue weighted by atomic mass is 10.1. The van der Waals surface area contributed by atoms with E-state index >= 15 is 0 Å². The molecule has 30 heavy (non-hydrogen) atoms. The molecule has 0 bridgehead atoms. The normalized spacial score (nSPS) is 10.3. The minimum atomic E-state index is -0.370. The van der Waals surface area contributed by atoms with Crippen LogP contribution in [0, 0.1) is 5.82 Å². The Balaban J connectivity index is 1.59. The fourth-order valence-electron chi connectivity index (χ4n) is 2.89. The van der Waals surface area contributed by atoms with E-state index < -0.39 is 0 Å². The van der Waals surface area contributed by atoms with E-state index in [0.717, 1.165) is 0 Å². The fourth-order valence-corrected chi connectivity index (χ4v) is 3.08. The molecule has 0 radical (unpaired) electrons. The highest BCUT2D eigenvalue weighted by Crippen LogP contribution is 2.18. The Kier molecular flexibility index (Phi) is 7.40. The molecule has 3 amide bonds. The first-order chi connectivity index (χ1) is 14.5. The van der Waals surface area contributed by atoms with Gasteiger partial charge in [-0.2, -0.15) is 0 Å². The topological polar surface area (TPSA) is 61.4 Å². The fraction of sp³-hybridized carbons (Fsp3) is 0.130. The lowest BCUT2D eigenvalue weighted by molar-refractivity contribution is 0.0986. The molecule has 0 aromatic heterocycles. The first-order valence-corrected chi connectivity index (χ1v) is 9.83. The van der Waals surface area contributed by atoms with Crippen LogP contribution in [0.3, 0.4) is 0 Å². The van der Waals surface area contributed by atoms with E-state index in [1.54, 1.807) is 65.6 Å². The molecule has 0 fully saturated rings. The van der Waals surface area contributed by atoms with Gasteiger partial charge in [0.15, 0.2) is 0 Å². The molecule has 0 aliphatic rings. The van der Waals surface area contributed by atoms with Crippen molar-refractivity contribution in [3.63, 3.8) is 0 Å². The van der Waals surface area contributed by atoms with Crippen LogP contribution < -0.4 is 15.5 Å². The van der Waals surface area contributed by atoms with E-state index in [1.165, 1.54) is 12.1 Å². The number of urea groups is 1. The Labute approximate surface area is 179 Å². The number of benzene rings is 3. The minimum absolute atomic E-state index is 0.189. The average Bonchev–Trinajstić information content (AvgIpc) is 2.75. The number of amides is 3. The molecular formula is C23H21ClFN3O2. The molecule has 7 heteroatoms. The Morgan fingerprint density at radius 1 is 0.933 bits per heavy atom. The van der Waals surface area contributed by atoms with Gasteiger partial charge in [-0.05, 0) is 61.0 Å². The number of rotatable bonds is 7. The second kappa shape index (κ2) is 10.4. The third-order valence-electron chi connectivity index (χ3n) is 4.33. The summed E-state index contributed by atoms with van der Waals surface area (Å²) in [5, 5.41) is 5.98. The van der Waals surface area contributed by atoms with Crippen LogP contribution in [0.4, 0.5) is 20.6 Å². The van der Waals surface area contributed by atoms with Crippen molar-refractivity contribution in [3.8, 4) is 0 Å². The van der Waals surface area contributed by atoms with Crippen LogP contribution in [0.15, 0.2) is 78.9 Å². The van der Waals surface area contributed by atoms with Crippen LogP contribution in [0.1, 0.15) is 16.8 Å². The van der Waals surface area contributed by atoms with Crippen LogP contribution in [-0.2, 0) is 0 Å². The maximum Gasteiger partial charge on any atom is 0.319 e. The third-order valence-corrected chi connectivity index (χ3v) is 4.57. The molecule has 3 aromatic carbocycles. The van der Waals surface area contributed by atoms with E-state index in [-0.39, 0.29) is 17.8 Å². The summed E-state index contributed by atoms with van der Waals surface area (Å²) < 4.78 is 13.3. The number of hydrogen-bond donors (Lipinski definition) is 2. The van der Waals surface area contributed by atoms with Crippen LogP contribution in [0.5, 0.6) is 0 Å². The van der Waals surface area contributed by atoms with Crippen molar-refractivity contribution in [2.45, 2.75) is 6.42 Å². The Morgan fingerprint density at radius 3 is 2.37 bits per heavy atom. The summed E-state index contributed by atoms with van der Waals surface area (Å²) in [5.74, 6) is -0.559. The third kappa shape index (κ3) is 6.06. The van der Waals surface area contributed by atoms with Gasteiger partial charge in [0.25, 0.3) is 5.91 Å². The van der Waals surface area contributed by atoms with E-state index in [2.05, 4.69) is 10.6 Å². The summed E-state index contributed by atoms with van der Waals surface area (Å²) in [4.78, 5) is 26.6. The quantitative estimate of drug-likeness (QED) is 0.502. The number of carbonyl (C=O) groups is 2. The number of nitrogens with one attached hydrogen (secondary N) is 2. The predicted octanol–water partition coefficient (Wildman–Crippen LogP) is 5.34. The summed E-state index contributed by atoms with van der Waals surface area (Å²) in [6.07, 6.45) is 0.513. The number of halogens is 2. The molecule has 0 aliphatic heterocycles. The molecule has 0 heterocycles. The van der Waals surface area contributed by atoms with Crippen molar-refractivity contribution in [3.05, 3.63) is 95.3 Å². The van der Waals surface area contributed by atoms with Gasteiger partial charge in [0.2, 0.25) is 0 Å². The van der Waals surface area contributed by atoms with Gasteiger partial charge in [0.1, 0.15) is 5.82 Å². The van der Waals surface area contributed by atoms with Crippen LogP contribution in [-0.4, -0.2) is 25.0 Å². The molecule has 0 saturated carbocycles. The van der Waals surface area contributed by atoms with Gasteiger partial charge in [-0.15, -0.1) is 0 Å². The summed E-state index contributed by atoms with van der Waals surface area (Å²) >= 11 is 5.91. The van der Waals surface area contributed by atoms with Gasteiger partial charge in [0, 0.05) is 35.1 Å². The average molecular weight is 426 g/mol. The Bertz CT molecular complexity index is 997. The summed E-state index contributed by atoms with van der Waals surface area (Å²) in [5.41, 5.74) is 1.72. The highest BCUT2D eigenvalue weighted by molar-refractivity contribution is 6.30. The van der Waals surface area contributed by atoms with Gasteiger partial charge in [0.05, 0.1) is 0 Å².